The molecular weight excluding hydrogens is 234 g/mol. The Morgan fingerprint density at radius 2 is 2.39 bits per heavy atom. The van der Waals surface area contributed by atoms with E-state index < -0.39 is 0 Å². The Labute approximate surface area is 104 Å². The zero-order chi connectivity index (χ0) is 12.7. The number of hydrogen-bond donors (Lipinski definition) is 2. The largest absolute Gasteiger partial charge is 0.394 e. The van der Waals surface area contributed by atoms with E-state index in [9.17, 15) is 5.11 Å². The molecule has 0 saturated carbocycles. The van der Waals surface area contributed by atoms with Gasteiger partial charge >= 0.3 is 0 Å². The van der Waals surface area contributed by atoms with Crippen molar-refractivity contribution in [1.29, 1.82) is 0 Å². The Morgan fingerprint density at radius 1 is 1.56 bits per heavy atom. The predicted molar refractivity (Wildman–Crippen MR) is 64.5 cm³/mol. The number of hydrogen-bond acceptors (Lipinski definition) is 6. The van der Waals surface area contributed by atoms with Gasteiger partial charge < -0.3 is 15.6 Å². The minimum absolute atomic E-state index is 0.0292. The molecule has 3 atom stereocenters. The van der Waals surface area contributed by atoms with Crippen molar-refractivity contribution in [3.63, 3.8) is 0 Å². The predicted octanol–water partition coefficient (Wildman–Crippen LogP) is 0.324. The normalized spacial score (nSPS) is 28.0. The minimum Gasteiger partial charge on any atom is -0.394 e. The minimum atomic E-state index is -0.156. The third-order valence-electron chi connectivity index (χ3n) is 3.36. The van der Waals surface area contributed by atoms with E-state index in [1.54, 1.807) is 12.5 Å². The first-order chi connectivity index (χ1) is 8.69. The van der Waals surface area contributed by atoms with E-state index in [2.05, 4.69) is 21.9 Å². The molecule has 7 heteroatoms. The average molecular weight is 249 g/mol. The quantitative estimate of drug-likeness (QED) is 0.795. The van der Waals surface area contributed by atoms with Crippen molar-refractivity contribution in [3.05, 3.63) is 12.5 Å². The van der Waals surface area contributed by atoms with Crippen molar-refractivity contribution >= 4 is 17.1 Å². The van der Waals surface area contributed by atoms with E-state index in [0.717, 1.165) is 6.42 Å². The van der Waals surface area contributed by atoms with E-state index in [4.69, 9.17) is 10.5 Å². The number of fused-ring (bicyclic) bond motifs is 1. The second-order valence-corrected chi connectivity index (χ2v) is 4.61. The molecule has 2 aromatic heterocycles. The van der Waals surface area contributed by atoms with Crippen LogP contribution in [0.2, 0.25) is 0 Å². The van der Waals surface area contributed by atoms with Crippen LogP contribution in [-0.4, -0.2) is 37.3 Å². The number of aromatic nitrogens is 4. The molecule has 0 radical (unpaired) electrons. The summed E-state index contributed by atoms with van der Waals surface area (Å²) in [6.45, 7) is 2.09. The fourth-order valence-electron chi connectivity index (χ4n) is 2.31. The number of nitrogens with two attached hydrogens (primary N) is 1. The zero-order valence-corrected chi connectivity index (χ0v) is 10.0. The van der Waals surface area contributed by atoms with E-state index in [1.807, 2.05) is 4.57 Å². The average Bonchev–Trinajstić information content (AvgIpc) is 2.91. The van der Waals surface area contributed by atoms with Crippen molar-refractivity contribution < 1.29 is 9.84 Å². The third kappa shape index (κ3) is 1.72. The molecule has 2 aromatic rings. The van der Waals surface area contributed by atoms with Gasteiger partial charge in [-0.1, -0.05) is 6.92 Å². The van der Waals surface area contributed by atoms with E-state index in [1.165, 1.54) is 0 Å². The van der Waals surface area contributed by atoms with Crippen LogP contribution < -0.4 is 5.73 Å². The molecule has 0 aliphatic carbocycles. The first-order valence-electron chi connectivity index (χ1n) is 5.90. The maximum absolute atomic E-state index is 9.21. The van der Waals surface area contributed by atoms with Crippen LogP contribution in [0.3, 0.4) is 0 Å². The third-order valence-corrected chi connectivity index (χ3v) is 3.36. The standard InChI is InChI=1S/C11H15N5O2/c1-6-2-9(18-8(6)4-17)16-5-14-7-3-13-11(12)15-10(7)16/h3,5-6,8-9,17H,2,4H2,1H3,(H2,12,13,15)/t6-,8-,9-/m1/s1. The summed E-state index contributed by atoms with van der Waals surface area (Å²) in [7, 11) is 0. The fourth-order valence-corrected chi connectivity index (χ4v) is 2.31. The molecule has 0 aromatic carbocycles. The maximum Gasteiger partial charge on any atom is 0.222 e. The number of aliphatic hydroxyl groups is 1. The Balaban J connectivity index is 1.98. The van der Waals surface area contributed by atoms with Gasteiger partial charge in [-0.25, -0.2) is 9.97 Å². The van der Waals surface area contributed by atoms with Gasteiger partial charge in [0.15, 0.2) is 5.65 Å². The summed E-state index contributed by atoms with van der Waals surface area (Å²) in [5, 5.41) is 9.21. The lowest BCUT2D eigenvalue weighted by Gasteiger charge is -2.13. The van der Waals surface area contributed by atoms with Gasteiger partial charge in [0.1, 0.15) is 11.7 Å². The number of ether oxygens (including phenoxy) is 1. The molecule has 1 aliphatic heterocycles. The Kier molecular flexibility index (Phi) is 2.64. The lowest BCUT2D eigenvalue weighted by molar-refractivity contribution is -0.0277. The van der Waals surface area contributed by atoms with Crippen molar-refractivity contribution in [2.75, 3.05) is 12.3 Å². The summed E-state index contributed by atoms with van der Waals surface area (Å²) >= 11 is 0. The highest BCUT2D eigenvalue weighted by atomic mass is 16.5. The summed E-state index contributed by atoms with van der Waals surface area (Å²) in [6, 6.07) is 0. The summed E-state index contributed by atoms with van der Waals surface area (Å²) in [6.07, 6.45) is 3.80. The highest BCUT2D eigenvalue weighted by molar-refractivity contribution is 5.70. The molecule has 0 bridgehead atoms. The van der Waals surface area contributed by atoms with Crippen LogP contribution in [0.15, 0.2) is 12.5 Å². The fraction of sp³-hybridized carbons (Fsp3) is 0.545. The molecule has 3 rings (SSSR count). The molecule has 96 valence electrons. The van der Waals surface area contributed by atoms with Gasteiger partial charge in [-0.2, -0.15) is 4.98 Å². The second-order valence-electron chi connectivity index (χ2n) is 4.61. The van der Waals surface area contributed by atoms with Crippen molar-refractivity contribution in [3.8, 4) is 0 Å². The Bertz CT molecular complexity index is 570. The number of nitrogens with zero attached hydrogens (tertiary/aromatic N) is 4. The highest BCUT2D eigenvalue weighted by Crippen LogP contribution is 2.34. The van der Waals surface area contributed by atoms with Crippen LogP contribution in [0.25, 0.3) is 11.2 Å². The zero-order valence-electron chi connectivity index (χ0n) is 10.0. The van der Waals surface area contributed by atoms with Crippen LogP contribution in [0.5, 0.6) is 0 Å². The number of aliphatic hydroxyl groups excluding tert-OH is 1. The number of rotatable bonds is 2. The van der Waals surface area contributed by atoms with Crippen molar-refractivity contribution in [2.24, 2.45) is 5.92 Å². The summed E-state index contributed by atoms with van der Waals surface area (Å²) < 4.78 is 7.63. The van der Waals surface area contributed by atoms with Crippen molar-refractivity contribution in [1.82, 2.24) is 19.5 Å². The van der Waals surface area contributed by atoms with Gasteiger partial charge in [-0.15, -0.1) is 0 Å². The highest BCUT2D eigenvalue weighted by Gasteiger charge is 2.33. The lowest BCUT2D eigenvalue weighted by atomic mass is 10.0. The van der Waals surface area contributed by atoms with Gasteiger partial charge in [0, 0.05) is 0 Å². The molecule has 3 N–H and O–H groups in total. The van der Waals surface area contributed by atoms with Crippen LogP contribution >= 0.6 is 0 Å². The van der Waals surface area contributed by atoms with Gasteiger partial charge in [0.05, 0.1) is 25.2 Å². The van der Waals surface area contributed by atoms with E-state index in [0.29, 0.717) is 17.1 Å². The Morgan fingerprint density at radius 3 is 3.11 bits per heavy atom. The SMILES string of the molecule is C[C@@H]1C[C@H](n2cnc3cnc(N)nc32)O[C@@H]1CO. The number of nitrogen functional groups attached to an aromatic ring is 1. The van der Waals surface area contributed by atoms with Gasteiger partial charge in [0.2, 0.25) is 5.95 Å². The molecule has 0 spiro atoms. The van der Waals surface area contributed by atoms with Crippen LogP contribution in [0.4, 0.5) is 5.95 Å². The molecule has 7 nitrogen and oxygen atoms in total. The molecule has 18 heavy (non-hydrogen) atoms. The lowest BCUT2D eigenvalue weighted by Crippen LogP contribution is -2.18. The summed E-state index contributed by atoms with van der Waals surface area (Å²) in [5.41, 5.74) is 6.94. The van der Waals surface area contributed by atoms with Crippen molar-refractivity contribution in [2.45, 2.75) is 25.7 Å². The van der Waals surface area contributed by atoms with E-state index >= 15 is 0 Å². The molecule has 3 heterocycles. The van der Waals surface area contributed by atoms with E-state index in [-0.39, 0.29) is 24.9 Å². The van der Waals surface area contributed by atoms with Crippen LogP contribution in [-0.2, 0) is 4.74 Å². The number of anilines is 1. The smallest absolute Gasteiger partial charge is 0.222 e. The molecule has 1 fully saturated rings. The molecule has 0 unspecified atom stereocenters. The Hall–Kier alpha value is -1.73. The first kappa shape index (κ1) is 11.4. The number of imidazole rings is 1. The first-order valence-corrected chi connectivity index (χ1v) is 5.90. The second kappa shape index (κ2) is 4.18. The molecule has 1 saturated heterocycles. The topological polar surface area (TPSA) is 99.1 Å². The monoisotopic (exact) mass is 249 g/mol. The summed E-state index contributed by atoms with van der Waals surface area (Å²) in [4.78, 5) is 12.3. The van der Waals surface area contributed by atoms with Gasteiger partial charge in [-0.3, -0.25) is 4.57 Å². The van der Waals surface area contributed by atoms with Crippen LogP contribution in [0.1, 0.15) is 19.6 Å². The van der Waals surface area contributed by atoms with Gasteiger partial charge in [0.25, 0.3) is 0 Å². The molecule has 1 aliphatic rings. The van der Waals surface area contributed by atoms with Crippen LogP contribution in [0, 0.1) is 5.92 Å². The summed E-state index contributed by atoms with van der Waals surface area (Å²) in [5.74, 6) is 0.519. The van der Waals surface area contributed by atoms with Gasteiger partial charge in [-0.05, 0) is 12.3 Å². The molecular formula is C11H15N5O2. The maximum atomic E-state index is 9.21. The molecule has 0 amide bonds.